The summed E-state index contributed by atoms with van der Waals surface area (Å²) in [6, 6.07) is 2.31. The lowest BCUT2D eigenvalue weighted by molar-refractivity contribution is 0.274. The van der Waals surface area contributed by atoms with Gasteiger partial charge in [-0.25, -0.2) is 9.97 Å². The molecular weight excluding hydrogens is 190 g/mol. The van der Waals surface area contributed by atoms with Gasteiger partial charge >= 0.3 is 0 Å². The number of nitrogens with two attached hydrogens (primary N) is 1. The summed E-state index contributed by atoms with van der Waals surface area (Å²) in [5, 5.41) is 0. The molecule has 1 unspecified atom stereocenters. The summed E-state index contributed by atoms with van der Waals surface area (Å²) in [6.45, 7) is 5.32. The van der Waals surface area contributed by atoms with Gasteiger partial charge in [-0.1, -0.05) is 0 Å². The molecule has 1 saturated heterocycles. The number of nitrogen functional groups attached to an aromatic ring is 1. The number of rotatable bonds is 1. The molecule has 82 valence electrons. The predicted octanol–water partition coefficient (Wildman–Crippen LogP) is 0.199. The van der Waals surface area contributed by atoms with Gasteiger partial charge in [0.1, 0.15) is 18.0 Å². The molecule has 0 radical (unpaired) electrons. The molecule has 5 heteroatoms. The van der Waals surface area contributed by atoms with Crippen molar-refractivity contribution in [2.45, 2.75) is 13.0 Å². The first-order chi connectivity index (χ1) is 7.16. The number of hydrogen-bond acceptors (Lipinski definition) is 5. The Morgan fingerprint density at radius 3 is 2.87 bits per heavy atom. The summed E-state index contributed by atoms with van der Waals surface area (Å²) in [5.74, 6) is 1.47. The Labute approximate surface area is 89.9 Å². The van der Waals surface area contributed by atoms with Crippen molar-refractivity contribution in [1.82, 2.24) is 14.9 Å². The van der Waals surface area contributed by atoms with Crippen LogP contribution in [0.5, 0.6) is 0 Å². The summed E-state index contributed by atoms with van der Waals surface area (Å²) in [6.07, 6.45) is 1.52. The van der Waals surface area contributed by atoms with Gasteiger partial charge in [0, 0.05) is 31.7 Å². The molecule has 0 bridgehead atoms. The van der Waals surface area contributed by atoms with Crippen LogP contribution in [0.15, 0.2) is 12.4 Å². The van der Waals surface area contributed by atoms with Crippen molar-refractivity contribution in [3.63, 3.8) is 0 Å². The smallest absolute Gasteiger partial charge is 0.134 e. The summed E-state index contributed by atoms with van der Waals surface area (Å²) in [7, 11) is 2.14. The van der Waals surface area contributed by atoms with Gasteiger partial charge in [-0.3, -0.25) is 0 Å². The molecule has 0 amide bonds. The van der Waals surface area contributed by atoms with Crippen LogP contribution < -0.4 is 10.6 Å². The number of nitrogens with zero attached hydrogens (tertiary/aromatic N) is 4. The van der Waals surface area contributed by atoms with E-state index < -0.39 is 0 Å². The molecule has 0 spiro atoms. The van der Waals surface area contributed by atoms with E-state index in [1.807, 2.05) is 6.07 Å². The summed E-state index contributed by atoms with van der Waals surface area (Å²) >= 11 is 0. The molecule has 1 aromatic rings. The minimum atomic E-state index is 0.470. The standard InChI is InChI=1S/C10H17N5/c1-8-6-14(2)3-4-15(8)10-5-9(11)12-7-13-10/h5,7-8H,3-4,6H2,1-2H3,(H2,11,12,13). The van der Waals surface area contributed by atoms with E-state index in [1.165, 1.54) is 6.33 Å². The number of anilines is 2. The lowest BCUT2D eigenvalue weighted by atomic mass is 10.2. The van der Waals surface area contributed by atoms with Crippen LogP contribution >= 0.6 is 0 Å². The van der Waals surface area contributed by atoms with Gasteiger partial charge in [0.2, 0.25) is 0 Å². The molecule has 2 heterocycles. The van der Waals surface area contributed by atoms with Crippen LogP contribution in [0.3, 0.4) is 0 Å². The van der Waals surface area contributed by atoms with Gasteiger partial charge in [-0.2, -0.15) is 0 Å². The first-order valence-electron chi connectivity index (χ1n) is 5.19. The number of piperazine rings is 1. The quantitative estimate of drug-likeness (QED) is 0.713. The second-order valence-corrected chi connectivity index (χ2v) is 4.11. The summed E-state index contributed by atoms with van der Waals surface area (Å²) < 4.78 is 0. The van der Waals surface area contributed by atoms with E-state index >= 15 is 0 Å². The Balaban J connectivity index is 2.17. The first-order valence-corrected chi connectivity index (χ1v) is 5.19. The van der Waals surface area contributed by atoms with Gasteiger partial charge in [0.15, 0.2) is 0 Å². The van der Waals surface area contributed by atoms with E-state index in [1.54, 1.807) is 0 Å². The average molecular weight is 207 g/mol. The van der Waals surface area contributed by atoms with Crippen LogP contribution in [0.25, 0.3) is 0 Å². The second kappa shape index (κ2) is 4.02. The van der Waals surface area contributed by atoms with Crippen LogP contribution in [-0.4, -0.2) is 47.6 Å². The molecule has 0 saturated carbocycles. The molecule has 1 atom stereocenters. The Morgan fingerprint density at radius 2 is 2.20 bits per heavy atom. The van der Waals surface area contributed by atoms with E-state index in [9.17, 15) is 0 Å². The van der Waals surface area contributed by atoms with Crippen molar-refractivity contribution in [3.05, 3.63) is 12.4 Å². The van der Waals surface area contributed by atoms with E-state index in [-0.39, 0.29) is 0 Å². The minimum Gasteiger partial charge on any atom is -0.384 e. The fourth-order valence-electron chi connectivity index (χ4n) is 2.00. The molecule has 5 nitrogen and oxygen atoms in total. The first kappa shape index (κ1) is 10.2. The number of hydrogen-bond donors (Lipinski definition) is 1. The monoisotopic (exact) mass is 207 g/mol. The Hall–Kier alpha value is -1.36. The molecule has 1 aromatic heterocycles. The molecule has 2 N–H and O–H groups in total. The molecular formula is C10H17N5. The number of likely N-dealkylation sites (N-methyl/N-ethyl adjacent to an activating group) is 1. The zero-order valence-corrected chi connectivity index (χ0v) is 9.22. The molecule has 1 aliphatic rings. The maximum atomic E-state index is 5.65. The summed E-state index contributed by atoms with van der Waals surface area (Å²) in [4.78, 5) is 12.8. The highest BCUT2D eigenvalue weighted by molar-refractivity contribution is 5.47. The Bertz CT molecular complexity index is 340. The highest BCUT2D eigenvalue weighted by Gasteiger charge is 2.22. The average Bonchev–Trinajstić information content (AvgIpc) is 2.17. The van der Waals surface area contributed by atoms with Crippen molar-refractivity contribution in [2.75, 3.05) is 37.3 Å². The van der Waals surface area contributed by atoms with Gasteiger partial charge in [0.05, 0.1) is 0 Å². The highest BCUT2D eigenvalue weighted by atomic mass is 15.3. The third kappa shape index (κ3) is 2.18. The predicted molar refractivity (Wildman–Crippen MR) is 60.7 cm³/mol. The lowest BCUT2D eigenvalue weighted by Crippen LogP contribution is -2.50. The van der Waals surface area contributed by atoms with Crippen molar-refractivity contribution < 1.29 is 0 Å². The van der Waals surface area contributed by atoms with Crippen LogP contribution in [0, 0.1) is 0 Å². The topological polar surface area (TPSA) is 58.3 Å². The molecule has 1 aliphatic heterocycles. The van der Waals surface area contributed by atoms with Crippen molar-refractivity contribution in [2.24, 2.45) is 0 Å². The zero-order chi connectivity index (χ0) is 10.8. The molecule has 0 aliphatic carbocycles. The fraction of sp³-hybridized carbons (Fsp3) is 0.600. The fourth-order valence-corrected chi connectivity index (χ4v) is 2.00. The van der Waals surface area contributed by atoms with Crippen molar-refractivity contribution >= 4 is 11.6 Å². The van der Waals surface area contributed by atoms with Crippen molar-refractivity contribution in [1.29, 1.82) is 0 Å². The molecule has 15 heavy (non-hydrogen) atoms. The van der Waals surface area contributed by atoms with Crippen LogP contribution in [0.2, 0.25) is 0 Å². The normalized spacial score (nSPS) is 23.1. The third-order valence-corrected chi connectivity index (χ3v) is 2.80. The second-order valence-electron chi connectivity index (χ2n) is 4.11. The number of aromatic nitrogens is 2. The maximum absolute atomic E-state index is 5.65. The largest absolute Gasteiger partial charge is 0.384 e. The van der Waals surface area contributed by atoms with E-state index in [4.69, 9.17) is 5.73 Å². The summed E-state index contributed by atoms with van der Waals surface area (Å²) in [5.41, 5.74) is 5.65. The maximum Gasteiger partial charge on any atom is 0.134 e. The van der Waals surface area contributed by atoms with E-state index in [0.717, 1.165) is 25.5 Å². The highest BCUT2D eigenvalue weighted by Crippen LogP contribution is 2.18. The molecule has 2 rings (SSSR count). The molecule has 1 fully saturated rings. The SMILES string of the molecule is CC1CN(C)CCN1c1cc(N)ncn1. The Morgan fingerprint density at radius 1 is 1.40 bits per heavy atom. The van der Waals surface area contributed by atoms with Crippen molar-refractivity contribution in [3.8, 4) is 0 Å². The van der Waals surface area contributed by atoms with Crippen LogP contribution in [0.4, 0.5) is 11.6 Å². The van der Waals surface area contributed by atoms with Crippen LogP contribution in [-0.2, 0) is 0 Å². The minimum absolute atomic E-state index is 0.470. The Kier molecular flexibility index (Phi) is 2.73. The van der Waals surface area contributed by atoms with Gasteiger partial charge in [-0.05, 0) is 14.0 Å². The zero-order valence-electron chi connectivity index (χ0n) is 9.22. The van der Waals surface area contributed by atoms with Gasteiger partial charge in [-0.15, -0.1) is 0 Å². The van der Waals surface area contributed by atoms with Crippen LogP contribution in [0.1, 0.15) is 6.92 Å². The third-order valence-electron chi connectivity index (χ3n) is 2.80. The van der Waals surface area contributed by atoms with Gasteiger partial charge in [0.25, 0.3) is 0 Å². The lowest BCUT2D eigenvalue weighted by Gasteiger charge is -2.38. The van der Waals surface area contributed by atoms with E-state index in [0.29, 0.717) is 11.9 Å². The van der Waals surface area contributed by atoms with E-state index in [2.05, 4.69) is 33.7 Å². The van der Waals surface area contributed by atoms with Gasteiger partial charge < -0.3 is 15.5 Å². The molecule has 0 aromatic carbocycles.